The van der Waals surface area contributed by atoms with E-state index in [2.05, 4.69) is 25.9 Å². The Bertz CT molecular complexity index is 588. The minimum absolute atomic E-state index is 0.0305. The Kier molecular flexibility index (Phi) is 3.59. The number of urea groups is 1. The smallest absolute Gasteiger partial charge is 0.317 e. The van der Waals surface area contributed by atoms with Crippen molar-refractivity contribution in [1.29, 1.82) is 0 Å². The highest BCUT2D eigenvalue weighted by molar-refractivity contribution is 5.95. The number of amides is 3. The fourth-order valence-corrected chi connectivity index (χ4v) is 2.59. The fourth-order valence-electron chi connectivity index (χ4n) is 2.59. The van der Waals surface area contributed by atoms with Crippen molar-refractivity contribution >= 4 is 17.8 Å². The molecule has 0 radical (unpaired) electrons. The fraction of sp³-hybridized carbons (Fsp3) is 0.538. The standard InChI is InChI=1S/C13H18N6O2/c1-8-17-10-9(2-3-15-12(10)20)11(18-8)14-4-6-19-7-5-16-13(19)21/h2-7H2,1H3,(H,15,20)(H,16,21)(H,14,17,18). The quantitative estimate of drug-likeness (QED) is 0.695. The molecule has 1 aromatic rings. The first-order valence-electron chi connectivity index (χ1n) is 7.07. The maximum atomic E-state index is 11.8. The Morgan fingerprint density at radius 2 is 2.10 bits per heavy atom. The zero-order valence-electron chi connectivity index (χ0n) is 11.9. The molecule has 1 aromatic heterocycles. The van der Waals surface area contributed by atoms with E-state index in [1.165, 1.54) is 0 Å². The van der Waals surface area contributed by atoms with Gasteiger partial charge in [0.05, 0.1) is 0 Å². The first-order chi connectivity index (χ1) is 10.1. The summed E-state index contributed by atoms with van der Waals surface area (Å²) >= 11 is 0. The topological polar surface area (TPSA) is 99.2 Å². The Balaban J connectivity index is 1.70. The molecule has 112 valence electrons. The molecule has 0 saturated carbocycles. The van der Waals surface area contributed by atoms with E-state index in [0.717, 1.165) is 12.1 Å². The van der Waals surface area contributed by atoms with Crippen molar-refractivity contribution < 1.29 is 9.59 Å². The number of aryl methyl sites for hydroxylation is 1. The van der Waals surface area contributed by atoms with Gasteiger partial charge in [0.2, 0.25) is 0 Å². The second-order valence-electron chi connectivity index (χ2n) is 5.10. The van der Waals surface area contributed by atoms with Crippen LogP contribution in [0.1, 0.15) is 21.9 Å². The van der Waals surface area contributed by atoms with E-state index in [1.54, 1.807) is 11.8 Å². The number of hydrogen-bond donors (Lipinski definition) is 3. The number of aromatic nitrogens is 2. The van der Waals surface area contributed by atoms with Gasteiger partial charge in [-0.1, -0.05) is 0 Å². The normalized spacial score (nSPS) is 17.3. The third-order valence-corrected chi connectivity index (χ3v) is 3.61. The van der Waals surface area contributed by atoms with E-state index in [0.29, 0.717) is 49.9 Å². The van der Waals surface area contributed by atoms with E-state index >= 15 is 0 Å². The Morgan fingerprint density at radius 3 is 2.86 bits per heavy atom. The van der Waals surface area contributed by atoms with Crippen LogP contribution in [0.4, 0.5) is 10.6 Å². The SMILES string of the molecule is Cc1nc(NCCN2CCNC2=O)c2c(n1)C(=O)NCC2. The van der Waals surface area contributed by atoms with Crippen LogP contribution in [0.15, 0.2) is 0 Å². The predicted molar refractivity (Wildman–Crippen MR) is 76.3 cm³/mol. The molecule has 8 nitrogen and oxygen atoms in total. The molecule has 0 atom stereocenters. The van der Waals surface area contributed by atoms with Crippen molar-refractivity contribution in [2.24, 2.45) is 0 Å². The summed E-state index contributed by atoms with van der Waals surface area (Å²) in [5.74, 6) is 1.11. The predicted octanol–water partition coefficient (Wildman–Crippen LogP) is -0.492. The zero-order chi connectivity index (χ0) is 14.8. The Labute approximate surface area is 122 Å². The van der Waals surface area contributed by atoms with Crippen molar-refractivity contribution in [3.63, 3.8) is 0 Å². The summed E-state index contributed by atoms with van der Waals surface area (Å²) in [5, 5.41) is 8.77. The van der Waals surface area contributed by atoms with Gasteiger partial charge in [0, 0.05) is 38.3 Å². The van der Waals surface area contributed by atoms with Crippen LogP contribution in [-0.2, 0) is 6.42 Å². The number of carbonyl (C=O) groups is 2. The van der Waals surface area contributed by atoms with Gasteiger partial charge in [-0.2, -0.15) is 0 Å². The summed E-state index contributed by atoms with van der Waals surface area (Å²) in [6, 6.07) is -0.0305. The van der Waals surface area contributed by atoms with Crippen molar-refractivity contribution in [2.75, 3.05) is 38.0 Å². The van der Waals surface area contributed by atoms with Gasteiger partial charge in [-0.3, -0.25) is 4.79 Å². The van der Waals surface area contributed by atoms with Crippen LogP contribution in [0.5, 0.6) is 0 Å². The van der Waals surface area contributed by atoms with Gasteiger partial charge in [-0.05, 0) is 13.3 Å². The lowest BCUT2D eigenvalue weighted by atomic mass is 10.1. The molecule has 0 spiro atoms. The molecule has 3 amide bonds. The summed E-state index contributed by atoms with van der Waals surface area (Å²) in [5.41, 5.74) is 1.31. The van der Waals surface area contributed by atoms with Crippen LogP contribution in [-0.4, -0.2) is 59.5 Å². The molecule has 1 saturated heterocycles. The number of fused-ring (bicyclic) bond motifs is 1. The van der Waals surface area contributed by atoms with Crippen molar-refractivity contribution in [3.05, 3.63) is 17.1 Å². The molecule has 3 rings (SSSR count). The lowest BCUT2D eigenvalue weighted by Gasteiger charge is -2.20. The molecule has 21 heavy (non-hydrogen) atoms. The van der Waals surface area contributed by atoms with Crippen LogP contribution in [0.3, 0.4) is 0 Å². The third-order valence-electron chi connectivity index (χ3n) is 3.61. The summed E-state index contributed by atoms with van der Waals surface area (Å²) < 4.78 is 0. The zero-order valence-corrected chi connectivity index (χ0v) is 11.9. The number of nitrogens with zero attached hydrogens (tertiary/aromatic N) is 3. The van der Waals surface area contributed by atoms with E-state index < -0.39 is 0 Å². The van der Waals surface area contributed by atoms with Crippen LogP contribution in [0, 0.1) is 6.92 Å². The largest absolute Gasteiger partial charge is 0.368 e. The van der Waals surface area contributed by atoms with E-state index in [9.17, 15) is 9.59 Å². The first-order valence-corrected chi connectivity index (χ1v) is 7.07. The summed E-state index contributed by atoms with van der Waals surface area (Å²) in [4.78, 5) is 33.6. The first kappa shape index (κ1) is 13.6. The van der Waals surface area contributed by atoms with Crippen LogP contribution in [0.2, 0.25) is 0 Å². The molecule has 0 aliphatic carbocycles. The van der Waals surface area contributed by atoms with Gasteiger partial charge in [-0.25, -0.2) is 14.8 Å². The average Bonchev–Trinajstić information content (AvgIpc) is 2.86. The van der Waals surface area contributed by atoms with Crippen LogP contribution < -0.4 is 16.0 Å². The summed E-state index contributed by atoms with van der Waals surface area (Å²) in [7, 11) is 0. The molecular formula is C13H18N6O2. The molecule has 0 bridgehead atoms. The molecule has 3 N–H and O–H groups in total. The molecule has 8 heteroatoms. The molecular weight excluding hydrogens is 272 g/mol. The second kappa shape index (κ2) is 5.55. The number of carbonyl (C=O) groups excluding carboxylic acids is 2. The average molecular weight is 290 g/mol. The molecule has 2 aliphatic rings. The van der Waals surface area contributed by atoms with E-state index in [-0.39, 0.29) is 11.9 Å². The van der Waals surface area contributed by atoms with Crippen molar-refractivity contribution in [3.8, 4) is 0 Å². The molecule has 0 aromatic carbocycles. The van der Waals surface area contributed by atoms with Gasteiger partial charge >= 0.3 is 6.03 Å². The Morgan fingerprint density at radius 1 is 1.24 bits per heavy atom. The van der Waals surface area contributed by atoms with E-state index in [4.69, 9.17) is 0 Å². The van der Waals surface area contributed by atoms with Gasteiger partial charge in [0.15, 0.2) is 0 Å². The Hall–Kier alpha value is -2.38. The summed E-state index contributed by atoms with van der Waals surface area (Å²) in [6.07, 6.45) is 0.716. The van der Waals surface area contributed by atoms with Crippen molar-refractivity contribution in [2.45, 2.75) is 13.3 Å². The highest BCUT2D eigenvalue weighted by atomic mass is 16.2. The third kappa shape index (κ3) is 2.74. The van der Waals surface area contributed by atoms with Gasteiger partial charge in [0.25, 0.3) is 5.91 Å². The monoisotopic (exact) mass is 290 g/mol. The molecule has 0 unspecified atom stereocenters. The van der Waals surface area contributed by atoms with Gasteiger partial charge in [0.1, 0.15) is 17.3 Å². The van der Waals surface area contributed by atoms with Crippen LogP contribution in [0.25, 0.3) is 0 Å². The lowest BCUT2D eigenvalue weighted by Crippen LogP contribution is -2.35. The number of rotatable bonds is 4. The molecule has 1 fully saturated rings. The highest BCUT2D eigenvalue weighted by Gasteiger charge is 2.23. The number of anilines is 1. The minimum Gasteiger partial charge on any atom is -0.368 e. The van der Waals surface area contributed by atoms with Crippen molar-refractivity contribution in [1.82, 2.24) is 25.5 Å². The molecule has 3 heterocycles. The van der Waals surface area contributed by atoms with Gasteiger partial charge in [-0.15, -0.1) is 0 Å². The molecule has 2 aliphatic heterocycles. The summed E-state index contributed by atoms with van der Waals surface area (Å²) in [6.45, 7) is 4.99. The maximum absolute atomic E-state index is 11.8. The maximum Gasteiger partial charge on any atom is 0.317 e. The number of hydrogen-bond acceptors (Lipinski definition) is 5. The van der Waals surface area contributed by atoms with Gasteiger partial charge < -0.3 is 20.9 Å². The number of nitrogens with one attached hydrogen (secondary N) is 3. The second-order valence-corrected chi connectivity index (χ2v) is 5.10. The lowest BCUT2D eigenvalue weighted by molar-refractivity contribution is 0.0940. The van der Waals surface area contributed by atoms with Crippen LogP contribution >= 0.6 is 0 Å². The van der Waals surface area contributed by atoms with E-state index in [1.807, 2.05) is 0 Å². The highest BCUT2D eigenvalue weighted by Crippen LogP contribution is 2.19. The minimum atomic E-state index is -0.149.